The van der Waals surface area contributed by atoms with Crippen LogP contribution in [0.4, 0.5) is 0 Å². The van der Waals surface area contributed by atoms with Crippen LogP contribution in [0.2, 0.25) is 6.32 Å². The van der Waals surface area contributed by atoms with Gasteiger partial charge in [-0.05, 0) is 42.8 Å². The molecule has 2 atom stereocenters. The van der Waals surface area contributed by atoms with Crippen molar-refractivity contribution in [2.45, 2.75) is 51.9 Å². The standard InChI is InChI=1S/C26H34BNO5/c1-3-32-26(31)19(2)17-23(28-24(29)13-14-25(30)33-16-15-27)18-20-9-11-22(12-10-20)21-7-5-4-6-8-21/h4-12,19,23H,3,13-18,27H2,1-2H3,(H,28,29)/t19-,23?/m1/s1. The van der Waals surface area contributed by atoms with Gasteiger partial charge in [0.1, 0.15) is 7.85 Å². The molecule has 7 heteroatoms. The van der Waals surface area contributed by atoms with E-state index in [1.54, 1.807) is 13.8 Å². The summed E-state index contributed by atoms with van der Waals surface area (Å²) in [4.78, 5) is 36.3. The molecule has 176 valence electrons. The molecule has 1 N–H and O–H groups in total. The highest BCUT2D eigenvalue weighted by molar-refractivity contribution is 6.08. The lowest BCUT2D eigenvalue weighted by molar-refractivity contribution is -0.148. The Morgan fingerprint density at radius 1 is 0.939 bits per heavy atom. The van der Waals surface area contributed by atoms with Crippen molar-refractivity contribution in [1.29, 1.82) is 0 Å². The van der Waals surface area contributed by atoms with E-state index in [2.05, 4.69) is 29.6 Å². The highest BCUT2D eigenvalue weighted by atomic mass is 16.5. The first kappa shape index (κ1) is 26.2. The fourth-order valence-electron chi connectivity index (χ4n) is 3.55. The molecule has 0 aliphatic heterocycles. The highest BCUT2D eigenvalue weighted by Crippen LogP contribution is 2.21. The second-order valence-electron chi connectivity index (χ2n) is 8.14. The van der Waals surface area contributed by atoms with Crippen LogP contribution in [-0.4, -0.2) is 44.9 Å². The van der Waals surface area contributed by atoms with Crippen molar-refractivity contribution in [1.82, 2.24) is 5.32 Å². The lowest BCUT2D eigenvalue weighted by Gasteiger charge is -2.22. The topological polar surface area (TPSA) is 81.7 Å². The molecule has 0 saturated carbocycles. The molecule has 33 heavy (non-hydrogen) atoms. The number of hydrogen-bond donors (Lipinski definition) is 1. The molecule has 0 spiro atoms. The van der Waals surface area contributed by atoms with Gasteiger partial charge in [-0.1, -0.05) is 61.5 Å². The fourth-order valence-corrected chi connectivity index (χ4v) is 3.55. The number of esters is 2. The van der Waals surface area contributed by atoms with E-state index in [0.29, 0.717) is 26.1 Å². The van der Waals surface area contributed by atoms with Crippen LogP contribution in [0.3, 0.4) is 0 Å². The van der Waals surface area contributed by atoms with Gasteiger partial charge in [-0.15, -0.1) is 0 Å². The summed E-state index contributed by atoms with van der Waals surface area (Å²) in [5, 5.41) is 3.00. The molecular weight excluding hydrogens is 417 g/mol. The first-order chi connectivity index (χ1) is 15.9. The maximum Gasteiger partial charge on any atom is 0.308 e. The summed E-state index contributed by atoms with van der Waals surface area (Å²) in [5.41, 5.74) is 3.31. The molecule has 2 aromatic rings. The average Bonchev–Trinajstić information content (AvgIpc) is 2.82. The molecule has 1 amide bonds. The van der Waals surface area contributed by atoms with Crippen LogP contribution < -0.4 is 5.32 Å². The Labute approximate surface area is 197 Å². The monoisotopic (exact) mass is 451 g/mol. The van der Waals surface area contributed by atoms with Gasteiger partial charge >= 0.3 is 11.9 Å². The van der Waals surface area contributed by atoms with Gasteiger partial charge in [0.25, 0.3) is 0 Å². The Morgan fingerprint density at radius 3 is 2.24 bits per heavy atom. The zero-order chi connectivity index (χ0) is 24.1. The summed E-state index contributed by atoms with van der Waals surface area (Å²) >= 11 is 0. The normalized spacial score (nSPS) is 12.4. The van der Waals surface area contributed by atoms with E-state index in [1.807, 2.05) is 38.2 Å². The SMILES string of the molecule is BCCOC(=O)CCC(=O)NC(Cc1ccc(-c2ccccc2)cc1)C[C@@H](C)C(=O)OCC. The second-order valence-corrected chi connectivity index (χ2v) is 8.14. The summed E-state index contributed by atoms with van der Waals surface area (Å²) in [6.07, 6.45) is 1.86. The second kappa shape index (κ2) is 14.1. The Bertz CT molecular complexity index is 885. The molecule has 2 aromatic carbocycles. The van der Waals surface area contributed by atoms with Gasteiger partial charge in [-0.2, -0.15) is 0 Å². The van der Waals surface area contributed by atoms with Crippen molar-refractivity contribution in [3.63, 3.8) is 0 Å². The maximum absolute atomic E-state index is 12.5. The van der Waals surface area contributed by atoms with E-state index in [1.165, 1.54) is 0 Å². The maximum atomic E-state index is 12.5. The van der Waals surface area contributed by atoms with Crippen LogP contribution >= 0.6 is 0 Å². The van der Waals surface area contributed by atoms with Gasteiger partial charge in [0.15, 0.2) is 0 Å². The zero-order valence-electron chi connectivity index (χ0n) is 19.8. The van der Waals surface area contributed by atoms with E-state index < -0.39 is 0 Å². The van der Waals surface area contributed by atoms with Crippen molar-refractivity contribution >= 4 is 25.7 Å². The molecule has 2 rings (SSSR count). The molecule has 0 aromatic heterocycles. The largest absolute Gasteiger partial charge is 0.466 e. The highest BCUT2D eigenvalue weighted by Gasteiger charge is 2.22. The molecule has 0 aliphatic rings. The molecule has 0 heterocycles. The minimum absolute atomic E-state index is 0.0394. The fraction of sp³-hybridized carbons (Fsp3) is 0.423. The van der Waals surface area contributed by atoms with Crippen molar-refractivity contribution in [2.75, 3.05) is 13.2 Å². The van der Waals surface area contributed by atoms with E-state index in [9.17, 15) is 14.4 Å². The lowest BCUT2D eigenvalue weighted by atomic mass is 9.94. The van der Waals surface area contributed by atoms with Crippen LogP contribution in [0.5, 0.6) is 0 Å². The Kier molecular flexibility index (Phi) is 11.2. The third-order valence-corrected chi connectivity index (χ3v) is 5.26. The number of benzene rings is 2. The van der Waals surface area contributed by atoms with E-state index in [0.717, 1.165) is 23.0 Å². The van der Waals surface area contributed by atoms with E-state index in [-0.39, 0.29) is 42.6 Å². The van der Waals surface area contributed by atoms with Crippen molar-refractivity contribution in [2.24, 2.45) is 5.92 Å². The summed E-state index contributed by atoms with van der Waals surface area (Å²) < 4.78 is 10.2. The minimum Gasteiger partial charge on any atom is -0.466 e. The first-order valence-corrected chi connectivity index (χ1v) is 11.7. The van der Waals surface area contributed by atoms with Gasteiger partial charge < -0.3 is 14.8 Å². The van der Waals surface area contributed by atoms with Crippen LogP contribution in [0.25, 0.3) is 11.1 Å². The van der Waals surface area contributed by atoms with Crippen molar-refractivity contribution < 1.29 is 23.9 Å². The number of carbonyl (C=O) groups excluding carboxylic acids is 3. The summed E-state index contributed by atoms with van der Waals surface area (Å²) in [7, 11) is 1.92. The lowest BCUT2D eigenvalue weighted by Crippen LogP contribution is -2.39. The summed E-state index contributed by atoms with van der Waals surface area (Å²) in [5.74, 6) is -1.24. The predicted octanol–water partition coefficient (Wildman–Crippen LogP) is 3.35. The number of carbonyl (C=O) groups is 3. The molecule has 0 fully saturated rings. The number of nitrogens with one attached hydrogen (secondary N) is 1. The van der Waals surface area contributed by atoms with Gasteiger partial charge in [-0.25, -0.2) is 0 Å². The van der Waals surface area contributed by atoms with Gasteiger partial charge in [-0.3, -0.25) is 14.4 Å². The zero-order valence-corrected chi connectivity index (χ0v) is 19.8. The molecule has 0 aliphatic carbocycles. The molecule has 6 nitrogen and oxygen atoms in total. The average molecular weight is 451 g/mol. The quantitative estimate of drug-likeness (QED) is 0.373. The number of hydrogen-bond acceptors (Lipinski definition) is 5. The van der Waals surface area contributed by atoms with Crippen LogP contribution in [-0.2, 0) is 30.3 Å². The van der Waals surface area contributed by atoms with Crippen molar-refractivity contribution in [3.8, 4) is 11.1 Å². The molecular formula is C26H34BNO5. The molecule has 0 bridgehead atoms. The summed E-state index contributed by atoms with van der Waals surface area (Å²) in [6.45, 7) is 4.26. The molecule has 1 unspecified atom stereocenters. The van der Waals surface area contributed by atoms with Gasteiger partial charge in [0, 0.05) is 12.5 Å². The Hall–Kier alpha value is -3.09. The van der Waals surface area contributed by atoms with Crippen LogP contribution in [0, 0.1) is 5.92 Å². The van der Waals surface area contributed by atoms with E-state index in [4.69, 9.17) is 9.47 Å². The van der Waals surface area contributed by atoms with Crippen LogP contribution in [0.15, 0.2) is 54.6 Å². The third kappa shape index (κ3) is 9.52. The smallest absolute Gasteiger partial charge is 0.308 e. The Balaban J connectivity index is 2.03. The number of ether oxygens (including phenoxy) is 2. The minimum atomic E-state index is -0.375. The third-order valence-electron chi connectivity index (χ3n) is 5.26. The molecule has 0 saturated heterocycles. The first-order valence-electron chi connectivity index (χ1n) is 11.7. The van der Waals surface area contributed by atoms with Crippen molar-refractivity contribution in [3.05, 3.63) is 60.2 Å². The summed E-state index contributed by atoms with van der Waals surface area (Å²) in [6, 6.07) is 18.1. The Morgan fingerprint density at radius 2 is 1.61 bits per heavy atom. The van der Waals surface area contributed by atoms with Gasteiger partial charge in [0.05, 0.1) is 25.6 Å². The van der Waals surface area contributed by atoms with Gasteiger partial charge in [0.2, 0.25) is 5.91 Å². The predicted molar refractivity (Wildman–Crippen MR) is 131 cm³/mol. The molecule has 0 radical (unpaired) electrons. The number of rotatable bonds is 13. The van der Waals surface area contributed by atoms with E-state index >= 15 is 0 Å². The number of amides is 1. The van der Waals surface area contributed by atoms with Crippen LogP contribution in [0.1, 0.15) is 38.7 Å².